The smallest absolute Gasteiger partial charge is 0.256 e. The Morgan fingerprint density at radius 1 is 1.03 bits per heavy atom. The van der Waals surface area contributed by atoms with Crippen molar-refractivity contribution < 1.29 is 14.0 Å². The van der Waals surface area contributed by atoms with Gasteiger partial charge in [0.1, 0.15) is 5.82 Å². The van der Waals surface area contributed by atoms with E-state index in [-0.39, 0.29) is 17.2 Å². The number of amides is 2. The van der Waals surface area contributed by atoms with Gasteiger partial charge in [-0.2, -0.15) is 0 Å². The average Bonchev–Trinajstić information content (AvgIpc) is 2.80. The van der Waals surface area contributed by atoms with Crippen LogP contribution in [0.3, 0.4) is 0 Å². The molecule has 2 heterocycles. The molecule has 2 aromatic carbocycles. The quantitative estimate of drug-likeness (QED) is 0.574. The average molecular weight is 497 g/mol. The van der Waals surface area contributed by atoms with E-state index >= 15 is 0 Å². The monoisotopic (exact) mass is 496 g/mol. The topological polar surface area (TPSA) is 65.5 Å². The molecule has 1 N–H and O–H groups in total. The Kier molecular flexibility index (Phi) is 6.92. The number of nitrogens with zero attached hydrogens (tertiary/aromatic N) is 3. The molecule has 0 aliphatic carbocycles. The van der Waals surface area contributed by atoms with Gasteiger partial charge in [0.15, 0.2) is 0 Å². The van der Waals surface area contributed by atoms with Gasteiger partial charge < -0.3 is 10.2 Å². The van der Waals surface area contributed by atoms with Gasteiger partial charge >= 0.3 is 0 Å². The summed E-state index contributed by atoms with van der Waals surface area (Å²) in [6, 6.07) is 14.7. The third kappa shape index (κ3) is 5.38. The van der Waals surface area contributed by atoms with Gasteiger partial charge in [-0.25, -0.2) is 4.39 Å². The van der Waals surface area contributed by atoms with Crippen LogP contribution in [0.15, 0.2) is 71.5 Å². The molecule has 0 spiro atoms. The highest BCUT2D eigenvalue weighted by Crippen LogP contribution is 2.22. The molecule has 3 aromatic rings. The summed E-state index contributed by atoms with van der Waals surface area (Å²) in [7, 11) is 0. The molecular weight excluding hydrogens is 475 g/mol. The molecule has 1 saturated heterocycles. The van der Waals surface area contributed by atoms with Crippen LogP contribution in [0.5, 0.6) is 0 Å². The first-order chi connectivity index (χ1) is 15.5. The van der Waals surface area contributed by atoms with Crippen LogP contribution >= 0.6 is 15.9 Å². The van der Waals surface area contributed by atoms with Crippen LogP contribution < -0.4 is 5.32 Å². The number of rotatable bonds is 5. The molecule has 32 heavy (non-hydrogen) atoms. The Morgan fingerprint density at radius 2 is 1.84 bits per heavy atom. The SMILES string of the molecule is O=C(Nc1cc(F)ccc1C(=O)N1CCN(Cc2cccnc2)CC1)c1cccc(Br)c1. The zero-order chi connectivity index (χ0) is 22.5. The van der Waals surface area contributed by atoms with Crippen molar-refractivity contribution in [2.75, 3.05) is 31.5 Å². The molecule has 2 amide bonds. The van der Waals surface area contributed by atoms with E-state index in [1.807, 2.05) is 24.4 Å². The summed E-state index contributed by atoms with van der Waals surface area (Å²) in [6.07, 6.45) is 3.59. The predicted molar refractivity (Wildman–Crippen MR) is 124 cm³/mol. The molecule has 1 aliphatic rings. The molecule has 1 fully saturated rings. The molecule has 1 aliphatic heterocycles. The van der Waals surface area contributed by atoms with E-state index in [1.165, 1.54) is 18.2 Å². The minimum absolute atomic E-state index is 0.165. The van der Waals surface area contributed by atoms with Crippen LogP contribution in [0, 0.1) is 5.82 Å². The van der Waals surface area contributed by atoms with Gasteiger partial charge in [0.2, 0.25) is 0 Å². The lowest BCUT2D eigenvalue weighted by atomic mass is 10.1. The maximum atomic E-state index is 13.9. The highest BCUT2D eigenvalue weighted by molar-refractivity contribution is 9.10. The zero-order valence-electron chi connectivity index (χ0n) is 17.3. The fourth-order valence-electron chi connectivity index (χ4n) is 3.66. The number of nitrogens with one attached hydrogen (secondary N) is 1. The number of hydrogen-bond donors (Lipinski definition) is 1. The summed E-state index contributed by atoms with van der Waals surface area (Å²) in [4.78, 5) is 34.0. The fraction of sp³-hybridized carbons (Fsp3) is 0.208. The van der Waals surface area contributed by atoms with E-state index in [4.69, 9.17) is 0 Å². The second kappa shape index (κ2) is 10.0. The van der Waals surface area contributed by atoms with Gasteiger partial charge in [-0.3, -0.25) is 19.5 Å². The van der Waals surface area contributed by atoms with Gasteiger partial charge in [-0.15, -0.1) is 0 Å². The van der Waals surface area contributed by atoms with E-state index in [2.05, 4.69) is 31.1 Å². The van der Waals surface area contributed by atoms with Crippen molar-refractivity contribution >= 4 is 33.4 Å². The van der Waals surface area contributed by atoms with Crippen molar-refractivity contribution in [3.05, 3.63) is 94.0 Å². The maximum absolute atomic E-state index is 13.9. The largest absolute Gasteiger partial charge is 0.336 e. The van der Waals surface area contributed by atoms with E-state index < -0.39 is 11.7 Å². The lowest BCUT2D eigenvalue weighted by Crippen LogP contribution is -2.48. The third-order valence-electron chi connectivity index (χ3n) is 5.34. The van der Waals surface area contributed by atoms with Crippen molar-refractivity contribution in [3.63, 3.8) is 0 Å². The van der Waals surface area contributed by atoms with E-state index in [0.717, 1.165) is 29.7 Å². The normalized spacial score (nSPS) is 14.2. The van der Waals surface area contributed by atoms with Crippen LogP contribution in [-0.4, -0.2) is 52.8 Å². The van der Waals surface area contributed by atoms with Crippen molar-refractivity contribution in [1.82, 2.24) is 14.8 Å². The van der Waals surface area contributed by atoms with Gasteiger partial charge in [-0.05, 0) is 48.0 Å². The van der Waals surface area contributed by atoms with Crippen LogP contribution in [0.2, 0.25) is 0 Å². The molecule has 8 heteroatoms. The lowest BCUT2D eigenvalue weighted by molar-refractivity contribution is 0.0629. The van der Waals surface area contributed by atoms with Gasteiger partial charge in [0.25, 0.3) is 11.8 Å². The Bertz CT molecular complexity index is 1120. The lowest BCUT2D eigenvalue weighted by Gasteiger charge is -2.35. The van der Waals surface area contributed by atoms with Crippen LogP contribution in [0.25, 0.3) is 0 Å². The summed E-state index contributed by atoms with van der Waals surface area (Å²) < 4.78 is 14.7. The standard InChI is InChI=1S/C24H22BrFN4O2/c25-19-5-1-4-18(13-19)23(31)28-22-14-20(26)6-7-21(22)24(32)30-11-9-29(10-12-30)16-17-3-2-8-27-15-17/h1-8,13-15H,9-12,16H2,(H,28,31). The molecular formula is C24H22BrFN4O2. The van der Waals surface area contributed by atoms with Crippen LogP contribution in [-0.2, 0) is 6.54 Å². The molecule has 4 rings (SSSR count). The van der Waals surface area contributed by atoms with Crippen molar-refractivity contribution in [2.24, 2.45) is 0 Å². The Morgan fingerprint density at radius 3 is 2.56 bits per heavy atom. The number of aromatic nitrogens is 1. The first-order valence-electron chi connectivity index (χ1n) is 10.3. The molecule has 0 radical (unpaired) electrons. The predicted octanol–water partition coefficient (Wildman–Crippen LogP) is 4.19. The van der Waals surface area contributed by atoms with Gasteiger partial charge in [0, 0.05) is 55.2 Å². The fourth-order valence-corrected chi connectivity index (χ4v) is 4.06. The highest BCUT2D eigenvalue weighted by Gasteiger charge is 2.25. The Balaban J connectivity index is 1.44. The number of carbonyl (C=O) groups is 2. The van der Waals surface area contributed by atoms with Crippen LogP contribution in [0.4, 0.5) is 10.1 Å². The van der Waals surface area contributed by atoms with Crippen molar-refractivity contribution in [1.29, 1.82) is 0 Å². The minimum atomic E-state index is -0.521. The molecule has 6 nitrogen and oxygen atoms in total. The van der Waals surface area contributed by atoms with E-state index in [9.17, 15) is 14.0 Å². The number of pyridine rings is 1. The third-order valence-corrected chi connectivity index (χ3v) is 5.83. The summed E-state index contributed by atoms with van der Waals surface area (Å²) in [6.45, 7) is 3.33. The molecule has 0 bridgehead atoms. The van der Waals surface area contributed by atoms with Crippen molar-refractivity contribution in [3.8, 4) is 0 Å². The van der Waals surface area contributed by atoms with E-state index in [0.29, 0.717) is 18.7 Å². The first kappa shape index (κ1) is 22.1. The Labute approximate surface area is 194 Å². The number of benzene rings is 2. The number of piperazine rings is 1. The first-order valence-corrected chi connectivity index (χ1v) is 11.1. The van der Waals surface area contributed by atoms with Crippen molar-refractivity contribution in [2.45, 2.75) is 6.54 Å². The molecule has 164 valence electrons. The number of anilines is 1. The van der Waals surface area contributed by atoms with Gasteiger partial charge in [0.05, 0.1) is 11.3 Å². The minimum Gasteiger partial charge on any atom is -0.336 e. The van der Waals surface area contributed by atoms with E-state index in [1.54, 1.807) is 29.3 Å². The summed E-state index contributed by atoms with van der Waals surface area (Å²) in [5, 5.41) is 2.69. The summed E-state index contributed by atoms with van der Waals surface area (Å²) in [5.74, 6) is -1.16. The second-order valence-electron chi connectivity index (χ2n) is 7.58. The molecule has 0 saturated carbocycles. The summed E-state index contributed by atoms with van der Waals surface area (Å²) >= 11 is 3.33. The number of carbonyl (C=O) groups excluding carboxylic acids is 2. The van der Waals surface area contributed by atoms with Crippen LogP contribution in [0.1, 0.15) is 26.3 Å². The summed E-state index contributed by atoms with van der Waals surface area (Å²) in [5.41, 5.74) is 1.97. The highest BCUT2D eigenvalue weighted by atomic mass is 79.9. The maximum Gasteiger partial charge on any atom is 0.256 e. The number of hydrogen-bond acceptors (Lipinski definition) is 4. The molecule has 0 atom stereocenters. The molecule has 1 aromatic heterocycles. The zero-order valence-corrected chi connectivity index (χ0v) is 18.9. The Hall–Kier alpha value is -3.10. The molecule has 0 unspecified atom stereocenters. The van der Waals surface area contributed by atoms with Gasteiger partial charge in [-0.1, -0.05) is 28.1 Å². The second-order valence-corrected chi connectivity index (χ2v) is 8.50. The number of halogens is 2.